The Balaban J connectivity index is 0.00000343. The summed E-state index contributed by atoms with van der Waals surface area (Å²) in [6, 6.07) is 13.4. The molecule has 6 aromatic rings. The summed E-state index contributed by atoms with van der Waals surface area (Å²) in [7, 11) is 0. The van der Waals surface area contributed by atoms with E-state index in [1.54, 1.807) is 29.5 Å². The number of fused-ring (bicyclic) bond motifs is 1. The first kappa shape index (κ1) is 27.2. The van der Waals surface area contributed by atoms with Crippen LogP contribution in [0.25, 0.3) is 31.8 Å². The van der Waals surface area contributed by atoms with Crippen LogP contribution in [0.4, 0.5) is 14.7 Å². The van der Waals surface area contributed by atoms with Gasteiger partial charge in [-0.15, -0.1) is 16.4 Å². The van der Waals surface area contributed by atoms with Gasteiger partial charge in [0, 0.05) is 62.2 Å². The third-order valence-electron chi connectivity index (χ3n) is 7.68. The SMILES string of the molecule is Fc1cc(-c2cccc3cc(-c4nc(NCCn5ccnn5)ncc4F)sc23)c(CN2CCC(c3cccnc3)C2)cn1.[HH]. The molecule has 218 valence electrons. The van der Waals surface area contributed by atoms with Crippen LogP contribution in [0, 0.1) is 11.8 Å². The minimum Gasteiger partial charge on any atom is -0.352 e. The van der Waals surface area contributed by atoms with Crippen molar-refractivity contribution in [1.82, 2.24) is 39.8 Å². The Kier molecular flexibility index (Phi) is 7.52. The lowest BCUT2D eigenvalue weighted by atomic mass is 9.99. The van der Waals surface area contributed by atoms with Crippen molar-refractivity contribution in [2.24, 2.45) is 0 Å². The predicted octanol–water partition coefficient (Wildman–Crippen LogP) is 6.03. The van der Waals surface area contributed by atoms with Crippen molar-refractivity contribution in [3.8, 4) is 21.7 Å². The number of halogens is 2. The average Bonchev–Trinajstić information content (AvgIpc) is 3.81. The molecule has 12 heteroatoms. The van der Waals surface area contributed by atoms with Crippen molar-refractivity contribution < 1.29 is 10.2 Å². The third kappa shape index (κ3) is 5.84. The number of aromatic nitrogens is 7. The van der Waals surface area contributed by atoms with Crippen LogP contribution in [-0.4, -0.2) is 59.5 Å². The maximum absolute atomic E-state index is 15.0. The third-order valence-corrected chi connectivity index (χ3v) is 8.87. The quantitative estimate of drug-likeness (QED) is 0.202. The molecular formula is C31H29F2N9S. The highest BCUT2D eigenvalue weighted by molar-refractivity contribution is 7.22. The Morgan fingerprint density at radius 3 is 2.84 bits per heavy atom. The summed E-state index contributed by atoms with van der Waals surface area (Å²) in [4.78, 5) is 19.9. The second-order valence-corrected chi connectivity index (χ2v) is 11.5. The number of benzene rings is 1. The fraction of sp³-hybridized carbons (Fsp3) is 0.226. The average molecular weight is 598 g/mol. The van der Waals surface area contributed by atoms with Crippen molar-refractivity contribution >= 4 is 27.4 Å². The summed E-state index contributed by atoms with van der Waals surface area (Å²) in [6.07, 6.45) is 11.0. The lowest BCUT2D eigenvalue weighted by molar-refractivity contribution is 0.326. The molecule has 1 N–H and O–H groups in total. The number of pyridine rings is 2. The molecule has 1 saturated heterocycles. The molecule has 0 spiro atoms. The van der Waals surface area contributed by atoms with Gasteiger partial charge in [0.05, 0.1) is 23.8 Å². The van der Waals surface area contributed by atoms with E-state index in [1.807, 2.05) is 36.5 Å². The first-order chi connectivity index (χ1) is 21.1. The Labute approximate surface area is 251 Å². The normalized spacial score (nSPS) is 15.3. The molecular weight excluding hydrogens is 568 g/mol. The standard InChI is InChI=1S/C31H27F2N9S.H2/c32-26-17-37-31(35-8-11-42-12-9-38-40-42)39-29(26)27-13-20-3-1-5-24(30(20)43-27)25-14-28(33)36-16-23(25)19-41-10-6-22(18-41)21-4-2-7-34-15-21;/h1-5,7,9,12-17,22H,6,8,10-11,18-19H2,(H,35,37,39);1H. The summed E-state index contributed by atoms with van der Waals surface area (Å²) in [5.74, 6) is -0.310. The minimum absolute atomic E-state index is 0. The highest BCUT2D eigenvalue weighted by Gasteiger charge is 2.25. The van der Waals surface area contributed by atoms with Crippen molar-refractivity contribution in [3.63, 3.8) is 0 Å². The Bertz CT molecular complexity index is 1870. The van der Waals surface area contributed by atoms with Crippen LogP contribution in [-0.2, 0) is 13.1 Å². The Morgan fingerprint density at radius 1 is 1.02 bits per heavy atom. The first-order valence-electron chi connectivity index (χ1n) is 14.0. The van der Waals surface area contributed by atoms with Gasteiger partial charge >= 0.3 is 0 Å². The number of thiophene rings is 1. The molecule has 7 rings (SSSR count). The number of rotatable bonds is 9. The van der Waals surface area contributed by atoms with E-state index in [9.17, 15) is 4.39 Å². The Hall–Kier alpha value is -4.68. The van der Waals surface area contributed by atoms with Crippen LogP contribution in [0.15, 0.2) is 79.6 Å². The van der Waals surface area contributed by atoms with E-state index in [1.165, 1.54) is 29.2 Å². The summed E-state index contributed by atoms with van der Waals surface area (Å²) in [6.45, 7) is 3.55. The molecule has 1 aromatic carbocycles. The molecule has 0 radical (unpaired) electrons. The van der Waals surface area contributed by atoms with E-state index in [0.29, 0.717) is 36.4 Å². The number of nitrogens with one attached hydrogen (secondary N) is 1. The van der Waals surface area contributed by atoms with Crippen LogP contribution in [0.5, 0.6) is 0 Å². The van der Waals surface area contributed by atoms with Gasteiger partial charge in [-0.2, -0.15) is 4.39 Å². The van der Waals surface area contributed by atoms with Crippen LogP contribution in [0.2, 0.25) is 0 Å². The second kappa shape index (κ2) is 11.9. The zero-order valence-corrected chi connectivity index (χ0v) is 23.9. The van der Waals surface area contributed by atoms with E-state index < -0.39 is 11.8 Å². The van der Waals surface area contributed by atoms with Crippen molar-refractivity contribution in [1.29, 1.82) is 0 Å². The van der Waals surface area contributed by atoms with Gasteiger partial charge in [-0.1, -0.05) is 29.5 Å². The van der Waals surface area contributed by atoms with E-state index in [-0.39, 0.29) is 7.12 Å². The van der Waals surface area contributed by atoms with Gasteiger partial charge in [0.25, 0.3) is 0 Å². The molecule has 0 amide bonds. The highest BCUT2D eigenvalue weighted by Crippen LogP contribution is 2.41. The molecule has 1 fully saturated rings. The van der Waals surface area contributed by atoms with Gasteiger partial charge in [-0.3, -0.25) is 14.6 Å². The maximum Gasteiger partial charge on any atom is 0.223 e. The van der Waals surface area contributed by atoms with Gasteiger partial charge in [-0.25, -0.2) is 19.3 Å². The topological polar surface area (TPSA) is 97.5 Å². The van der Waals surface area contributed by atoms with Crippen LogP contribution in [0.3, 0.4) is 0 Å². The lowest BCUT2D eigenvalue weighted by Gasteiger charge is -2.19. The first-order valence-corrected chi connectivity index (χ1v) is 14.8. The van der Waals surface area contributed by atoms with E-state index >= 15 is 4.39 Å². The second-order valence-electron chi connectivity index (χ2n) is 10.5. The Morgan fingerprint density at radius 2 is 1.98 bits per heavy atom. The molecule has 9 nitrogen and oxygen atoms in total. The molecule has 1 unspecified atom stereocenters. The smallest absolute Gasteiger partial charge is 0.223 e. The molecule has 0 saturated carbocycles. The monoisotopic (exact) mass is 597 g/mol. The van der Waals surface area contributed by atoms with E-state index in [4.69, 9.17) is 0 Å². The van der Waals surface area contributed by atoms with Gasteiger partial charge in [0.15, 0.2) is 5.82 Å². The molecule has 0 bridgehead atoms. The van der Waals surface area contributed by atoms with Crippen LogP contribution >= 0.6 is 11.3 Å². The van der Waals surface area contributed by atoms with Gasteiger partial charge < -0.3 is 5.32 Å². The summed E-state index contributed by atoms with van der Waals surface area (Å²) < 4.78 is 32.2. The zero-order chi connectivity index (χ0) is 29.2. The van der Waals surface area contributed by atoms with Gasteiger partial charge in [0.1, 0.15) is 5.69 Å². The molecule has 1 aliphatic heterocycles. The van der Waals surface area contributed by atoms with Crippen molar-refractivity contribution in [3.05, 3.63) is 103 Å². The number of hydrogen-bond acceptors (Lipinski definition) is 9. The molecule has 5 aromatic heterocycles. The zero-order valence-electron chi connectivity index (χ0n) is 23.1. The molecule has 43 heavy (non-hydrogen) atoms. The number of nitrogens with zero attached hydrogens (tertiary/aromatic N) is 8. The van der Waals surface area contributed by atoms with Gasteiger partial charge in [-0.05, 0) is 53.1 Å². The molecule has 6 heterocycles. The fourth-order valence-electron chi connectivity index (χ4n) is 5.59. The molecule has 1 atom stereocenters. The summed E-state index contributed by atoms with van der Waals surface area (Å²) in [5, 5.41) is 11.8. The predicted molar refractivity (Wildman–Crippen MR) is 163 cm³/mol. The van der Waals surface area contributed by atoms with E-state index in [0.717, 1.165) is 46.3 Å². The lowest BCUT2D eigenvalue weighted by Crippen LogP contribution is -2.20. The molecule has 1 aliphatic rings. The van der Waals surface area contributed by atoms with Crippen molar-refractivity contribution in [2.75, 3.05) is 25.0 Å². The van der Waals surface area contributed by atoms with E-state index in [2.05, 4.69) is 46.5 Å². The van der Waals surface area contributed by atoms with Crippen LogP contribution < -0.4 is 5.32 Å². The van der Waals surface area contributed by atoms with Gasteiger partial charge in [0.2, 0.25) is 11.9 Å². The summed E-state index contributed by atoms with van der Waals surface area (Å²) in [5.41, 5.74) is 4.07. The minimum atomic E-state index is -0.536. The molecule has 0 aliphatic carbocycles. The largest absolute Gasteiger partial charge is 0.352 e. The fourth-order valence-corrected chi connectivity index (χ4v) is 6.77. The maximum atomic E-state index is 15.0. The summed E-state index contributed by atoms with van der Waals surface area (Å²) >= 11 is 1.43. The number of anilines is 1. The number of likely N-dealkylation sites (tertiary alicyclic amines) is 1. The number of hydrogen-bond donors (Lipinski definition) is 1. The van der Waals surface area contributed by atoms with Crippen LogP contribution in [0.1, 0.15) is 24.9 Å². The highest BCUT2D eigenvalue weighted by atomic mass is 32.1. The van der Waals surface area contributed by atoms with Crippen molar-refractivity contribution in [2.45, 2.75) is 25.4 Å².